The van der Waals surface area contributed by atoms with Gasteiger partial charge in [-0.3, -0.25) is 14.8 Å². The van der Waals surface area contributed by atoms with E-state index < -0.39 is 5.91 Å². The van der Waals surface area contributed by atoms with Gasteiger partial charge in [0.05, 0.1) is 16.4 Å². The van der Waals surface area contributed by atoms with Crippen LogP contribution in [-0.4, -0.2) is 53.2 Å². The van der Waals surface area contributed by atoms with E-state index in [0.717, 1.165) is 43.0 Å². The Hall–Kier alpha value is -3.03. The maximum atomic E-state index is 12.3. The van der Waals surface area contributed by atoms with Gasteiger partial charge in [0.1, 0.15) is 5.56 Å². The lowest BCUT2D eigenvalue weighted by molar-refractivity contribution is 0.100. The number of H-pyrrole nitrogens is 1. The summed E-state index contributed by atoms with van der Waals surface area (Å²) in [5.74, 6) is -0.0395. The number of carbonyl (C=O) groups is 1. The number of benzene rings is 2. The van der Waals surface area contributed by atoms with Crippen molar-refractivity contribution in [1.82, 2.24) is 15.1 Å². The minimum atomic E-state index is -0.511. The number of halogens is 1. The number of amides is 1. The Morgan fingerprint density at radius 2 is 1.75 bits per heavy atom. The summed E-state index contributed by atoms with van der Waals surface area (Å²) in [7, 11) is 0. The molecule has 1 aliphatic rings. The molecule has 3 aromatic rings. The number of nitrogens with zero attached hydrogens (tertiary/aromatic N) is 3. The molecule has 7 nitrogen and oxygen atoms in total. The van der Waals surface area contributed by atoms with Crippen molar-refractivity contribution in [3.63, 3.8) is 0 Å². The normalized spacial score (nSPS) is 14.5. The Bertz CT molecular complexity index is 1220. The molecule has 1 saturated heterocycles. The molecule has 4 N–H and O–H groups in total. The number of carbonyl (C=O) groups excluding carboxylic acids is 1. The highest BCUT2D eigenvalue weighted by molar-refractivity contribution is 6.33. The predicted octanol–water partition coefficient (Wildman–Crippen LogP) is 4.82. The van der Waals surface area contributed by atoms with Crippen molar-refractivity contribution in [3.05, 3.63) is 74.4 Å². The van der Waals surface area contributed by atoms with Gasteiger partial charge in [-0.15, -0.1) is 0 Å². The zero-order valence-electron chi connectivity index (χ0n) is 21.9. The smallest absolute Gasteiger partial charge is 0.254 e. The number of hydrogen-bond acceptors (Lipinski definition) is 5. The first kappa shape index (κ1) is 26.0. The third-order valence-corrected chi connectivity index (χ3v) is 7.62. The molecule has 1 aliphatic heterocycles. The molecular formula is C28H37ClN6O. The van der Waals surface area contributed by atoms with Crippen LogP contribution in [-0.2, 0) is 13.0 Å². The fraction of sp³-hybridized carbons (Fsp3) is 0.429. The monoisotopic (exact) mass is 508 g/mol. The molecular weight excluding hydrogens is 472 g/mol. The first-order valence-electron chi connectivity index (χ1n) is 12.6. The van der Waals surface area contributed by atoms with Gasteiger partial charge in [0.15, 0.2) is 5.82 Å². The number of aromatic amines is 1. The quantitative estimate of drug-likeness (QED) is 0.406. The number of piperazine rings is 1. The molecule has 0 aliphatic carbocycles. The Balaban J connectivity index is 1.47. The first-order valence-corrected chi connectivity index (χ1v) is 13.0. The maximum Gasteiger partial charge on any atom is 0.254 e. The molecule has 0 bridgehead atoms. The van der Waals surface area contributed by atoms with E-state index in [9.17, 15) is 4.79 Å². The van der Waals surface area contributed by atoms with Crippen molar-refractivity contribution in [2.24, 2.45) is 5.73 Å². The van der Waals surface area contributed by atoms with Crippen LogP contribution in [0.25, 0.3) is 0 Å². The SMILES string of the molecule is Cc1cc(CNc2n[nH]c(Cc3ccc(N4CCN(C(C)C)CC4)c(Cl)c3)c2C(N)=O)cc(C)c1C. The summed E-state index contributed by atoms with van der Waals surface area (Å²) in [5.41, 5.74) is 13.8. The van der Waals surface area contributed by atoms with Crippen molar-refractivity contribution in [2.75, 3.05) is 36.4 Å². The Morgan fingerprint density at radius 1 is 1.08 bits per heavy atom. The van der Waals surface area contributed by atoms with Crippen molar-refractivity contribution < 1.29 is 4.79 Å². The molecule has 0 unspecified atom stereocenters. The second kappa shape index (κ2) is 10.9. The minimum absolute atomic E-state index is 0.389. The van der Waals surface area contributed by atoms with Gasteiger partial charge in [-0.2, -0.15) is 5.10 Å². The van der Waals surface area contributed by atoms with E-state index in [1.165, 1.54) is 16.7 Å². The molecule has 0 atom stereocenters. The maximum absolute atomic E-state index is 12.3. The molecule has 36 heavy (non-hydrogen) atoms. The first-order chi connectivity index (χ1) is 17.1. The Labute approximate surface area is 219 Å². The lowest BCUT2D eigenvalue weighted by atomic mass is 10.0. The van der Waals surface area contributed by atoms with E-state index in [0.29, 0.717) is 41.1 Å². The molecule has 1 aromatic heterocycles. The summed E-state index contributed by atoms with van der Waals surface area (Å²) < 4.78 is 0. The Kier molecular flexibility index (Phi) is 7.91. The van der Waals surface area contributed by atoms with Crippen LogP contribution >= 0.6 is 11.6 Å². The standard InChI is InChI=1S/C28H37ClN6O/c1-17(2)34-8-10-35(11-9-34)25-7-6-21(14-23(25)29)15-24-26(27(30)36)28(33-32-24)31-16-22-12-18(3)20(5)19(4)13-22/h6-7,12-14,17H,8-11,15-16H2,1-5H3,(H2,30,36)(H2,31,32,33). The van der Waals surface area contributed by atoms with Crippen LogP contribution in [0, 0.1) is 20.8 Å². The van der Waals surface area contributed by atoms with E-state index in [1.807, 2.05) is 6.07 Å². The number of nitrogens with one attached hydrogen (secondary N) is 2. The van der Waals surface area contributed by atoms with Crippen molar-refractivity contribution in [3.8, 4) is 0 Å². The zero-order chi connectivity index (χ0) is 26.0. The molecule has 0 spiro atoms. The fourth-order valence-corrected chi connectivity index (χ4v) is 5.24. The molecule has 0 radical (unpaired) electrons. The Morgan fingerprint density at radius 3 is 2.33 bits per heavy atom. The number of hydrogen-bond donors (Lipinski definition) is 3. The summed E-state index contributed by atoms with van der Waals surface area (Å²) in [6, 6.07) is 11.0. The second-order valence-corrected chi connectivity index (χ2v) is 10.5. The zero-order valence-corrected chi connectivity index (χ0v) is 22.7. The van der Waals surface area contributed by atoms with Crippen molar-refractivity contribution in [2.45, 2.75) is 53.6 Å². The van der Waals surface area contributed by atoms with Crippen molar-refractivity contribution >= 4 is 29.0 Å². The van der Waals surface area contributed by atoms with Gasteiger partial charge in [-0.25, -0.2) is 0 Å². The van der Waals surface area contributed by atoms with E-state index >= 15 is 0 Å². The summed E-state index contributed by atoms with van der Waals surface area (Å²) in [6.45, 7) is 15.3. The molecule has 0 saturated carbocycles. The van der Waals surface area contributed by atoms with Gasteiger partial charge in [-0.1, -0.05) is 29.8 Å². The third kappa shape index (κ3) is 5.68. The summed E-state index contributed by atoms with van der Waals surface area (Å²) in [5, 5.41) is 11.4. The molecule has 4 rings (SSSR count). The van der Waals surface area contributed by atoms with E-state index in [4.69, 9.17) is 17.3 Å². The van der Waals surface area contributed by atoms with Crippen LogP contribution in [0.5, 0.6) is 0 Å². The largest absolute Gasteiger partial charge is 0.368 e. The van der Waals surface area contributed by atoms with Gasteiger partial charge < -0.3 is 16.0 Å². The van der Waals surface area contributed by atoms with Gasteiger partial charge in [0.25, 0.3) is 5.91 Å². The molecule has 1 amide bonds. The number of anilines is 2. The van der Waals surface area contributed by atoms with Gasteiger partial charge >= 0.3 is 0 Å². The van der Waals surface area contributed by atoms with Crippen LogP contribution in [0.3, 0.4) is 0 Å². The van der Waals surface area contributed by atoms with Crippen LogP contribution < -0.4 is 16.0 Å². The molecule has 2 heterocycles. The number of aryl methyl sites for hydroxylation is 2. The van der Waals surface area contributed by atoms with Crippen LogP contribution in [0.4, 0.5) is 11.5 Å². The van der Waals surface area contributed by atoms with E-state index in [-0.39, 0.29) is 0 Å². The highest BCUT2D eigenvalue weighted by atomic mass is 35.5. The lowest BCUT2D eigenvalue weighted by Gasteiger charge is -2.38. The summed E-state index contributed by atoms with van der Waals surface area (Å²) in [4.78, 5) is 17.2. The van der Waals surface area contributed by atoms with Crippen molar-refractivity contribution in [1.29, 1.82) is 0 Å². The summed E-state index contributed by atoms with van der Waals surface area (Å²) in [6.07, 6.45) is 0.483. The molecule has 1 fully saturated rings. The van der Waals surface area contributed by atoms with Crippen LogP contribution in [0.1, 0.15) is 57.7 Å². The van der Waals surface area contributed by atoms with Crippen LogP contribution in [0.15, 0.2) is 30.3 Å². The fourth-order valence-electron chi connectivity index (χ4n) is 4.91. The molecule has 2 aromatic carbocycles. The minimum Gasteiger partial charge on any atom is -0.368 e. The number of nitrogens with two attached hydrogens (primary N) is 1. The number of rotatable bonds is 8. The van der Waals surface area contributed by atoms with Gasteiger partial charge in [0, 0.05) is 45.2 Å². The molecule has 192 valence electrons. The summed E-state index contributed by atoms with van der Waals surface area (Å²) >= 11 is 6.70. The lowest BCUT2D eigenvalue weighted by Crippen LogP contribution is -2.49. The van der Waals surface area contributed by atoms with E-state index in [2.05, 4.69) is 84.2 Å². The third-order valence-electron chi connectivity index (χ3n) is 7.31. The van der Waals surface area contributed by atoms with E-state index in [1.54, 1.807) is 0 Å². The average molecular weight is 509 g/mol. The number of primary amides is 1. The highest BCUT2D eigenvalue weighted by Crippen LogP contribution is 2.30. The molecule has 8 heteroatoms. The van der Waals surface area contributed by atoms with Gasteiger partial charge in [0.2, 0.25) is 0 Å². The topological polar surface area (TPSA) is 90.3 Å². The van der Waals surface area contributed by atoms with Gasteiger partial charge in [-0.05, 0) is 74.6 Å². The second-order valence-electron chi connectivity index (χ2n) is 10.1. The number of aromatic nitrogens is 2. The van der Waals surface area contributed by atoms with Crippen LogP contribution in [0.2, 0.25) is 5.02 Å². The predicted molar refractivity (Wildman–Crippen MR) is 148 cm³/mol. The highest BCUT2D eigenvalue weighted by Gasteiger charge is 2.22. The average Bonchev–Trinajstić information content (AvgIpc) is 3.24.